The van der Waals surface area contributed by atoms with Gasteiger partial charge in [0.2, 0.25) is 0 Å². The molecule has 1 aromatic carbocycles. The molecule has 114 valence electrons. The van der Waals surface area contributed by atoms with Gasteiger partial charge in [0.25, 0.3) is 5.91 Å². The fraction of sp³-hybridized carbons (Fsp3) is 0.389. The minimum Gasteiger partial charge on any atom is -0.451 e. The predicted molar refractivity (Wildman–Crippen MR) is 84.6 cm³/mol. The van der Waals surface area contributed by atoms with Gasteiger partial charge in [-0.2, -0.15) is 0 Å². The smallest absolute Gasteiger partial charge is 0.287 e. The van der Waals surface area contributed by atoms with Crippen LogP contribution in [0.2, 0.25) is 0 Å². The molecule has 4 nitrogen and oxygen atoms in total. The van der Waals surface area contributed by atoms with Gasteiger partial charge < -0.3 is 14.6 Å². The minimum absolute atomic E-state index is 0.102. The molecule has 0 radical (unpaired) electrons. The standard InChI is InChI=1S/C18H20N2O2/c21-18(19-15-10-13-8-9-20(11-13)12-15)17-7-6-16(22-17)14-4-2-1-3-5-14/h1-7,13,15H,8-12H2,(H,19,21). The van der Waals surface area contributed by atoms with Crippen LogP contribution in [0.15, 0.2) is 46.9 Å². The summed E-state index contributed by atoms with van der Waals surface area (Å²) in [6.45, 7) is 3.34. The van der Waals surface area contributed by atoms with E-state index in [0.29, 0.717) is 5.76 Å². The summed E-state index contributed by atoms with van der Waals surface area (Å²) >= 11 is 0. The van der Waals surface area contributed by atoms with Crippen LogP contribution in [0.3, 0.4) is 0 Å². The highest BCUT2D eigenvalue weighted by Gasteiger charge is 2.33. The molecule has 3 atom stereocenters. The Balaban J connectivity index is 1.44. The molecule has 4 rings (SSSR count). The van der Waals surface area contributed by atoms with Crippen LogP contribution in [0.4, 0.5) is 0 Å². The summed E-state index contributed by atoms with van der Waals surface area (Å²) < 4.78 is 5.72. The van der Waals surface area contributed by atoms with Crippen LogP contribution in [-0.2, 0) is 0 Å². The lowest BCUT2D eigenvalue weighted by Crippen LogP contribution is -2.46. The first-order valence-electron chi connectivity index (χ1n) is 7.96. The maximum absolute atomic E-state index is 12.4. The van der Waals surface area contributed by atoms with Crippen molar-refractivity contribution in [3.63, 3.8) is 0 Å². The molecule has 2 fully saturated rings. The van der Waals surface area contributed by atoms with E-state index in [2.05, 4.69) is 10.2 Å². The molecule has 2 aliphatic rings. The number of nitrogens with one attached hydrogen (secondary N) is 1. The number of rotatable bonds is 3. The van der Waals surface area contributed by atoms with E-state index in [1.54, 1.807) is 6.07 Å². The molecular formula is C18H20N2O2. The molecule has 1 aromatic heterocycles. The van der Waals surface area contributed by atoms with Crippen molar-refractivity contribution in [1.82, 2.24) is 10.2 Å². The Hall–Kier alpha value is -2.07. The molecule has 0 aliphatic carbocycles. The number of piperidine rings is 1. The number of hydrogen-bond acceptors (Lipinski definition) is 3. The highest BCUT2D eigenvalue weighted by Crippen LogP contribution is 2.27. The maximum atomic E-state index is 12.4. The van der Waals surface area contributed by atoms with Crippen LogP contribution in [0, 0.1) is 5.92 Å². The lowest BCUT2D eigenvalue weighted by Gasteiger charge is -2.30. The van der Waals surface area contributed by atoms with E-state index in [0.717, 1.165) is 30.2 Å². The van der Waals surface area contributed by atoms with Gasteiger partial charge in [-0.1, -0.05) is 30.3 Å². The highest BCUT2D eigenvalue weighted by atomic mass is 16.3. The van der Waals surface area contributed by atoms with Crippen LogP contribution in [0.1, 0.15) is 23.4 Å². The molecule has 2 saturated heterocycles. The van der Waals surface area contributed by atoms with Crippen molar-refractivity contribution in [2.45, 2.75) is 18.9 Å². The SMILES string of the molecule is O=C(NC1CC2CCN(C2)C1)c1ccc(-c2ccccc2)o1. The second-order valence-corrected chi connectivity index (χ2v) is 6.35. The highest BCUT2D eigenvalue weighted by molar-refractivity contribution is 5.92. The van der Waals surface area contributed by atoms with Crippen molar-refractivity contribution in [2.24, 2.45) is 5.92 Å². The molecule has 1 N–H and O–H groups in total. The zero-order valence-corrected chi connectivity index (χ0v) is 12.5. The van der Waals surface area contributed by atoms with Crippen molar-refractivity contribution in [3.8, 4) is 11.3 Å². The summed E-state index contributed by atoms with van der Waals surface area (Å²) in [6.07, 6.45) is 2.36. The monoisotopic (exact) mass is 296 g/mol. The number of nitrogens with zero attached hydrogens (tertiary/aromatic N) is 1. The molecule has 2 aromatic rings. The summed E-state index contributed by atoms with van der Waals surface area (Å²) in [5.41, 5.74) is 0.989. The van der Waals surface area contributed by atoms with Gasteiger partial charge in [0.15, 0.2) is 5.76 Å². The van der Waals surface area contributed by atoms with Crippen LogP contribution < -0.4 is 5.32 Å². The van der Waals surface area contributed by atoms with Crippen molar-refractivity contribution in [1.29, 1.82) is 0 Å². The number of amides is 1. The number of fused-ring (bicyclic) bond motifs is 2. The zero-order chi connectivity index (χ0) is 14.9. The second-order valence-electron chi connectivity index (χ2n) is 6.35. The van der Waals surface area contributed by atoms with Crippen molar-refractivity contribution < 1.29 is 9.21 Å². The van der Waals surface area contributed by atoms with Gasteiger partial charge in [0.1, 0.15) is 5.76 Å². The number of hydrogen-bond donors (Lipinski definition) is 1. The minimum atomic E-state index is -0.102. The largest absolute Gasteiger partial charge is 0.451 e. The lowest BCUT2D eigenvalue weighted by molar-refractivity contribution is 0.0882. The van der Waals surface area contributed by atoms with Crippen molar-refractivity contribution >= 4 is 5.91 Å². The quantitative estimate of drug-likeness (QED) is 0.947. The topological polar surface area (TPSA) is 45.5 Å². The average molecular weight is 296 g/mol. The number of furan rings is 1. The predicted octanol–water partition coefficient (Wildman–Crippen LogP) is 2.77. The molecular weight excluding hydrogens is 276 g/mol. The van der Waals surface area contributed by atoms with Gasteiger partial charge in [-0.25, -0.2) is 0 Å². The Bertz CT molecular complexity index is 653. The Morgan fingerprint density at radius 3 is 2.82 bits per heavy atom. The zero-order valence-electron chi connectivity index (χ0n) is 12.5. The summed E-state index contributed by atoms with van der Waals surface area (Å²) in [5.74, 6) is 1.77. The van der Waals surface area contributed by atoms with Gasteiger partial charge in [0, 0.05) is 24.7 Å². The first-order chi connectivity index (χ1) is 10.8. The lowest BCUT2D eigenvalue weighted by atomic mass is 9.97. The number of carbonyl (C=O) groups is 1. The van der Waals surface area contributed by atoms with E-state index in [4.69, 9.17) is 4.42 Å². The Kier molecular flexibility index (Phi) is 3.47. The normalized spacial score (nSPS) is 26.8. The molecule has 2 aliphatic heterocycles. The van der Waals surface area contributed by atoms with E-state index in [9.17, 15) is 4.79 Å². The van der Waals surface area contributed by atoms with E-state index >= 15 is 0 Å². The Morgan fingerprint density at radius 2 is 2.00 bits per heavy atom. The van der Waals surface area contributed by atoms with E-state index in [1.165, 1.54) is 19.5 Å². The van der Waals surface area contributed by atoms with Crippen LogP contribution in [0.5, 0.6) is 0 Å². The fourth-order valence-corrected chi connectivity index (χ4v) is 3.64. The van der Waals surface area contributed by atoms with Gasteiger partial charge in [-0.3, -0.25) is 4.79 Å². The number of carbonyl (C=O) groups excluding carboxylic acids is 1. The third-order valence-electron chi connectivity index (χ3n) is 4.69. The van der Waals surface area contributed by atoms with Gasteiger partial charge in [0.05, 0.1) is 0 Å². The summed E-state index contributed by atoms with van der Waals surface area (Å²) in [4.78, 5) is 14.8. The van der Waals surface area contributed by atoms with Crippen molar-refractivity contribution in [3.05, 3.63) is 48.2 Å². The molecule has 22 heavy (non-hydrogen) atoms. The van der Waals surface area contributed by atoms with Crippen LogP contribution >= 0.6 is 0 Å². The molecule has 0 saturated carbocycles. The van der Waals surface area contributed by atoms with E-state index < -0.39 is 0 Å². The van der Waals surface area contributed by atoms with Crippen LogP contribution in [-0.4, -0.2) is 36.5 Å². The van der Waals surface area contributed by atoms with E-state index in [-0.39, 0.29) is 11.9 Å². The third kappa shape index (κ3) is 2.66. The van der Waals surface area contributed by atoms with Gasteiger partial charge >= 0.3 is 0 Å². The Morgan fingerprint density at radius 1 is 1.14 bits per heavy atom. The summed E-state index contributed by atoms with van der Waals surface area (Å²) in [6, 6.07) is 13.7. The molecule has 0 spiro atoms. The molecule has 3 heterocycles. The summed E-state index contributed by atoms with van der Waals surface area (Å²) in [7, 11) is 0. The average Bonchev–Trinajstić information content (AvgIpc) is 3.15. The number of benzene rings is 1. The van der Waals surface area contributed by atoms with Crippen LogP contribution in [0.25, 0.3) is 11.3 Å². The maximum Gasteiger partial charge on any atom is 0.287 e. The summed E-state index contributed by atoms with van der Waals surface area (Å²) in [5, 5.41) is 3.13. The fourth-order valence-electron chi connectivity index (χ4n) is 3.64. The second kappa shape index (κ2) is 5.61. The molecule has 2 bridgehead atoms. The molecule has 3 unspecified atom stereocenters. The van der Waals surface area contributed by atoms with Gasteiger partial charge in [-0.15, -0.1) is 0 Å². The third-order valence-corrected chi connectivity index (χ3v) is 4.69. The first kappa shape index (κ1) is 13.6. The molecule has 1 amide bonds. The Labute approximate surface area is 130 Å². The van der Waals surface area contributed by atoms with E-state index in [1.807, 2.05) is 36.4 Å². The first-order valence-corrected chi connectivity index (χ1v) is 7.96. The van der Waals surface area contributed by atoms with Crippen molar-refractivity contribution in [2.75, 3.05) is 19.6 Å². The van der Waals surface area contributed by atoms with Gasteiger partial charge in [-0.05, 0) is 37.4 Å². The molecule has 4 heteroatoms.